The highest BCUT2D eigenvalue weighted by Crippen LogP contribution is 2.43. The van der Waals surface area contributed by atoms with Crippen LogP contribution in [0.1, 0.15) is 51.0 Å². The van der Waals surface area contributed by atoms with Gasteiger partial charge in [-0.2, -0.15) is 0 Å². The molecule has 0 saturated carbocycles. The molecule has 0 radical (unpaired) electrons. The Morgan fingerprint density at radius 2 is 1.43 bits per heavy atom. The number of aliphatic hydroxyl groups is 1. The molecular formula is C16H47NO5P+. The second-order valence-electron chi connectivity index (χ2n) is 5.80. The quantitative estimate of drug-likeness (QED) is 0.472. The molecule has 0 aromatic rings. The van der Waals surface area contributed by atoms with Crippen LogP contribution in [0.2, 0.25) is 0 Å². The van der Waals surface area contributed by atoms with E-state index in [2.05, 4.69) is 0 Å². The molecule has 0 saturated heterocycles. The fraction of sp³-hybridized carbons (Fsp3) is 1.00. The molecular weight excluding hydrogens is 317 g/mol. The molecule has 0 aliphatic heterocycles. The van der Waals surface area contributed by atoms with Crippen molar-refractivity contribution in [2.45, 2.75) is 51.0 Å². The lowest BCUT2D eigenvalue weighted by Gasteiger charge is -2.24. The molecule has 0 aromatic carbocycles. The zero-order valence-corrected chi connectivity index (χ0v) is 12.9. The van der Waals surface area contributed by atoms with Crippen molar-refractivity contribution in [1.82, 2.24) is 0 Å². The molecule has 7 heteroatoms. The fourth-order valence-electron chi connectivity index (χ4n) is 1.11. The minimum Gasteiger partial charge on any atom is -0.396 e. The van der Waals surface area contributed by atoms with Gasteiger partial charge in [-0.05, 0) is 5.92 Å². The van der Waals surface area contributed by atoms with Gasteiger partial charge in [0.2, 0.25) is 0 Å². The van der Waals surface area contributed by atoms with Gasteiger partial charge in [0.25, 0.3) is 0 Å². The Bertz CT molecular complexity index is 280. The third-order valence-electron chi connectivity index (χ3n) is 2.65. The van der Waals surface area contributed by atoms with Gasteiger partial charge >= 0.3 is 7.82 Å². The van der Waals surface area contributed by atoms with Gasteiger partial charge in [-0.1, -0.05) is 51.0 Å². The number of quaternary nitrogens is 1. The first-order valence-corrected chi connectivity index (χ1v) is 7.60. The van der Waals surface area contributed by atoms with Crippen LogP contribution in [-0.4, -0.2) is 62.0 Å². The molecule has 0 aliphatic rings. The average Bonchev–Trinajstić information content (AvgIpc) is 2.15. The maximum atomic E-state index is 11.6. The van der Waals surface area contributed by atoms with Crippen molar-refractivity contribution in [1.29, 1.82) is 0 Å². The molecule has 2 N–H and O–H groups in total. The number of hydrogen-bond acceptors (Lipinski definition) is 4. The molecule has 2 unspecified atom stereocenters. The number of aliphatic hydroxyl groups excluding tert-OH is 1. The monoisotopic (exact) mass is 364 g/mol. The summed E-state index contributed by atoms with van der Waals surface area (Å²) in [6.45, 7) is 4.56. The van der Waals surface area contributed by atoms with Gasteiger partial charge in [0.05, 0.1) is 27.7 Å². The van der Waals surface area contributed by atoms with Crippen LogP contribution in [0.3, 0.4) is 0 Å². The smallest absolute Gasteiger partial charge is 0.396 e. The minimum absolute atomic E-state index is 0. The summed E-state index contributed by atoms with van der Waals surface area (Å²) in [6.07, 6.45) is 0. The van der Waals surface area contributed by atoms with E-state index in [1.54, 1.807) is 0 Å². The summed E-state index contributed by atoms with van der Waals surface area (Å²) in [4.78, 5) is 9.46. The van der Waals surface area contributed by atoms with E-state index in [-0.39, 0.29) is 68.8 Å². The van der Waals surface area contributed by atoms with Gasteiger partial charge in [-0.3, -0.25) is 9.05 Å². The molecule has 0 bridgehead atoms. The molecule has 0 aromatic heterocycles. The van der Waals surface area contributed by atoms with Crippen LogP contribution in [0.15, 0.2) is 0 Å². The predicted molar refractivity (Wildman–Crippen MR) is 104 cm³/mol. The number of phosphoric acid groups is 1. The first-order chi connectivity index (χ1) is 8.07. The summed E-state index contributed by atoms with van der Waals surface area (Å²) in [7, 11) is 1.89. The lowest BCUT2D eigenvalue weighted by Crippen LogP contribution is -2.37. The number of nitrogens with zero attached hydrogens (tertiary/aromatic N) is 1. The van der Waals surface area contributed by atoms with Crippen molar-refractivity contribution >= 4 is 7.82 Å². The molecule has 150 valence electrons. The fourth-order valence-corrected chi connectivity index (χ4v) is 1.88. The van der Waals surface area contributed by atoms with E-state index in [0.717, 1.165) is 0 Å². The highest BCUT2D eigenvalue weighted by molar-refractivity contribution is 7.47. The van der Waals surface area contributed by atoms with Crippen molar-refractivity contribution in [3.05, 3.63) is 0 Å². The molecule has 0 amide bonds. The normalized spacial score (nSPS) is 13.9. The standard InChI is InChI=1S/C11H26NO5P.5CH4/c1-10(2)11(8-13)9-17-18(14,15)16-7-6-12(3,4)5;;;;;/h10-11,13H,6-9H2,1-5H3;5*1H4/p+1. The van der Waals surface area contributed by atoms with Crippen molar-refractivity contribution in [3.63, 3.8) is 0 Å². The van der Waals surface area contributed by atoms with Crippen molar-refractivity contribution in [2.24, 2.45) is 11.8 Å². The topological polar surface area (TPSA) is 76.0 Å². The van der Waals surface area contributed by atoms with Crippen LogP contribution in [0.25, 0.3) is 0 Å². The molecule has 0 rings (SSSR count). The number of hydrogen-bond donors (Lipinski definition) is 2. The Morgan fingerprint density at radius 3 is 1.74 bits per heavy atom. The van der Waals surface area contributed by atoms with Crippen LogP contribution in [0, 0.1) is 11.8 Å². The third kappa shape index (κ3) is 22.0. The Balaban J connectivity index is -0.000000144. The molecule has 2 atom stereocenters. The molecule has 6 nitrogen and oxygen atoms in total. The first-order valence-electron chi connectivity index (χ1n) is 6.10. The second kappa shape index (κ2) is 16.9. The molecule has 0 fully saturated rings. The van der Waals surface area contributed by atoms with E-state index >= 15 is 0 Å². The highest BCUT2D eigenvalue weighted by Gasteiger charge is 2.25. The predicted octanol–water partition coefficient (Wildman–Crippen LogP) is 4.27. The number of phosphoric ester groups is 1. The van der Waals surface area contributed by atoms with Crippen molar-refractivity contribution in [3.8, 4) is 0 Å². The van der Waals surface area contributed by atoms with Crippen molar-refractivity contribution < 1.29 is 28.1 Å². The van der Waals surface area contributed by atoms with E-state index in [0.29, 0.717) is 11.0 Å². The van der Waals surface area contributed by atoms with E-state index in [1.165, 1.54) is 0 Å². The lowest BCUT2D eigenvalue weighted by molar-refractivity contribution is -0.870. The van der Waals surface area contributed by atoms with Gasteiger partial charge in [0.1, 0.15) is 13.2 Å². The van der Waals surface area contributed by atoms with Crippen molar-refractivity contribution in [2.75, 3.05) is 47.5 Å². The summed E-state index contributed by atoms with van der Waals surface area (Å²) in [6, 6.07) is 0. The lowest BCUT2D eigenvalue weighted by atomic mass is 9.98. The van der Waals surface area contributed by atoms with Gasteiger partial charge in [0.15, 0.2) is 0 Å². The number of likely N-dealkylation sites (N-methyl/N-ethyl adjacent to an activating group) is 1. The number of rotatable bonds is 9. The maximum absolute atomic E-state index is 11.6. The Hall–Kier alpha value is 0.0300. The van der Waals surface area contributed by atoms with Gasteiger partial charge in [0, 0.05) is 12.5 Å². The minimum atomic E-state index is -4.01. The van der Waals surface area contributed by atoms with Crippen LogP contribution < -0.4 is 0 Å². The van der Waals surface area contributed by atoms with Crippen LogP contribution >= 0.6 is 7.82 Å². The van der Waals surface area contributed by atoms with E-state index in [4.69, 9.17) is 14.2 Å². The van der Waals surface area contributed by atoms with Crippen LogP contribution in [0.4, 0.5) is 0 Å². The summed E-state index contributed by atoms with van der Waals surface area (Å²) in [5.74, 6) is 0.0220. The van der Waals surface area contributed by atoms with Gasteiger partial charge in [-0.15, -0.1) is 0 Å². The molecule has 0 spiro atoms. The summed E-state index contributed by atoms with van der Waals surface area (Å²) < 4.78 is 22.0. The summed E-state index contributed by atoms with van der Waals surface area (Å²) >= 11 is 0. The Morgan fingerprint density at radius 1 is 1.00 bits per heavy atom. The molecule has 0 aliphatic carbocycles. The third-order valence-corrected chi connectivity index (χ3v) is 3.63. The largest absolute Gasteiger partial charge is 0.472 e. The maximum Gasteiger partial charge on any atom is 0.472 e. The van der Waals surface area contributed by atoms with E-state index in [1.807, 2.05) is 35.0 Å². The average molecular weight is 365 g/mol. The zero-order chi connectivity index (χ0) is 14.4. The molecule has 23 heavy (non-hydrogen) atoms. The van der Waals surface area contributed by atoms with Gasteiger partial charge < -0.3 is 14.5 Å². The SMILES string of the molecule is C.C.C.C.C.CC(C)C(CO)COP(=O)(O)OCC[N+](C)(C)C. The van der Waals surface area contributed by atoms with Gasteiger partial charge in [-0.25, -0.2) is 4.57 Å². The van der Waals surface area contributed by atoms with Crippen LogP contribution in [0.5, 0.6) is 0 Å². The van der Waals surface area contributed by atoms with E-state index in [9.17, 15) is 9.46 Å². The van der Waals surface area contributed by atoms with Crippen LogP contribution in [-0.2, 0) is 13.6 Å². The zero-order valence-electron chi connectivity index (χ0n) is 12.0. The molecule has 0 heterocycles. The summed E-state index contributed by atoms with van der Waals surface area (Å²) in [5, 5.41) is 9.08. The second-order valence-corrected chi connectivity index (χ2v) is 7.25. The summed E-state index contributed by atoms with van der Waals surface area (Å²) in [5.41, 5.74) is 0. The first kappa shape index (κ1) is 38.5. The highest BCUT2D eigenvalue weighted by atomic mass is 31.2. The Kier molecular flexibility index (Phi) is 28.3. The Labute approximate surface area is 147 Å². The van der Waals surface area contributed by atoms with E-state index < -0.39 is 7.82 Å².